The van der Waals surface area contributed by atoms with Crippen molar-refractivity contribution in [2.45, 2.75) is 51.1 Å². The molecule has 120 valence electrons. The van der Waals surface area contributed by atoms with Gasteiger partial charge in [0.2, 0.25) is 0 Å². The molecule has 0 bridgehead atoms. The van der Waals surface area contributed by atoms with Gasteiger partial charge in [-0.25, -0.2) is 8.42 Å². The summed E-state index contributed by atoms with van der Waals surface area (Å²) in [6.45, 7) is 6.10. The first kappa shape index (κ1) is 16.5. The van der Waals surface area contributed by atoms with Crippen molar-refractivity contribution in [3.05, 3.63) is 11.8 Å². The molecule has 1 saturated heterocycles. The topological polar surface area (TPSA) is 78.1 Å². The summed E-state index contributed by atoms with van der Waals surface area (Å²) in [5, 5.41) is 9.76. The third kappa shape index (κ3) is 3.14. The van der Waals surface area contributed by atoms with Crippen LogP contribution in [0.15, 0.2) is 11.2 Å². The smallest absolute Gasteiger partial charge is 0.260 e. The summed E-state index contributed by atoms with van der Waals surface area (Å²) in [5.74, 6) is 0. The van der Waals surface area contributed by atoms with Gasteiger partial charge in [-0.1, -0.05) is 26.7 Å². The Balaban J connectivity index is 2.17. The fraction of sp³-hybridized carbons (Fsp3) is 0.786. The predicted molar refractivity (Wildman–Crippen MR) is 82.4 cm³/mol. The van der Waals surface area contributed by atoms with Gasteiger partial charge in [0.05, 0.1) is 6.20 Å². The third-order valence-electron chi connectivity index (χ3n) is 4.93. The van der Waals surface area contributed by atoms with E-state index in [9.17, 15) is 8.42 Å². The fourth-order valence-electron chi connectivity index (χ4n) is 3.13. The molecule has 21 heavy (non-hydrogen) atoms. The van der Waals surface area contributed by atoms with E-state index in [0.717, 1.165) is 25.7 Å². The molecule has 0 aliphatic carbocycles. The molecular weight excluding hydrogens is 288 g/mol. The minimum atomic E-state index is -3.46. The second-order valence-corrected chi connectivity index (χ2v) is 7.74. The number of sulfonamides is 1. The monoisotopic (exact) mass is 314 g/mol. The Morgan fingerprint density at radius 3 is 2.48 bits per heavy atom. The molecule has 1 fully saturated rings. The molecule has 6 nitrogen and oxygen atoms in total. The number of aromatic nitrogens is 2. The number of H-pyrrole nitrogens is 1. The van der Waals surface area contributed by atoms with Crippen molar-refractivity contribution in [2.24, 2.45) is 5.41 Å². The van der Waals surface area contributed by atoms with Crippen LogP contribution in [0.25, 0.3) is 0 Å². The molecule has 1 aromatic heterocycles. The number of piperidine rings is 1. The lowest BCUT2D eigenvalue weighted by Crippen LogP contribution is -2.43. The Labute approximate surface area is 127 Å². The van der Waals surface area contributed by atoms with E-state index in [4.69, 9.17) is 0 Å². The Kier molecular flexibility index (Phi) is 5.06. The normalized spacial score (nSPS) is 19.8. The molecule has 2 rings (SSSR count). The molecule has 0 atom stereocenters. The lowest BCUT2D eigenvalue weighted by atomic mass is 9.75. The van der Waals surface area contributed by atoms with Crippen molar-refractivity contribution >= 4 is 10.0 Å². The van der Waals surface area contributed by atoms with Gasteiger partial charge in [-0.2, -0.15) is 9.40 Å². The van der Waals surface area contributed by atoms with Crippen LogP contribution in [0.1, 0.15) is 45.1 Å². The number of hydrogen-bond acceptors (Lipinski definition) is 4. The van der Waals surface area contributed by atoms with E-state index in [1.807, 2.05) is 0 Å². The van der Waals surface area contributed by atoms with E-state index in [2.05, 4.69) is 29.4 Å². The van der Waals surface area contributed by atoms with Gasteiger partial charge in [0.1, 0.15) is 0 Å². The number of rotatable bonds is 6. The average Bonchev–Trinajstić information content (AvgIpc) is 2.97. The van der Waals surface area contributed by atoms with Crippen molar-refractivity contribution in [3.8, 4) is 0 Å². The highest BCUT2D eigenvalue weighted by molar-refractivity contribution is 7.89. The van der Waals surface area contributed by atoms with Crippen molar-refractivity contribution < 1.29 is 8.42 Å². The van der Waals surface area contributed by atoms with Gasteiger partial charge in [0, 0.05) is 25.2 Å². The third-order valence-corrected chi connectivity index (χ3v) is 6.84. The molecular formula is C14H26N4O2S. The van der Waals surface area contributed by atoms with Crippen LogP contribution in [0.5, 0.6) is 0 Å². The van der Waals surface area contributed by atoms with Crippen LogP contribution < -0.4 is 5.32 Å². The molecule has 0 radical (unpaired) electrons. The molecule has 1 aromatic rings. The van der Waals surface area contributed by atoms with Gasteiger partial charge in [-0.05, 0) is 25.3 Å². The van der Waals surface area contributed by atoms with Gasteiger partial charge in [-0.3, -0.25) is 5.10 Å². The van der Waals surface area contributed by atoms with Gasteiger partial charge < -0.3 is 5.32 Å². The van der Waals surface area contributed by atoms with Gasteiger partial charge in [0.25, 0.3) is 10.0 Å². The summed E-state index contributed by atoms with van der Waals surface area (Å²) < 4.78 is 27.1. The first-order chi connectivity index (χ1) is 9.99. The number of aromatic amines is 1. The minimum absolute atomic E-state index is 0.234. The quantitative estimate of drug-likeness (QED) is 0.838. The minimum Gasteiger partial charge on any atom is -0.316 e. The van der Waals surface area contributed by atoms with E-state index in [1.165, 1.54) is 0 Å². The van der Waals surface area contributed by atoms with Crippen LogP contribution in [0.4, 0.5) is 0 Å². The van der Waals surface area contributed by atoms with Crippen molar-refractivity contribution in [1.82, 2.24) is 19.8 Å². The Bertz CT molecular complexity index is 553. The summed E-state index contributed by atoms with van der Waals surface area (Å²) in [7, 11) is -1.67. The van der Waals surface area contributed by atoms with E-state index in [1.54, 1.807) is 17.5 Å². The van der Waals surface area contributed by atoms with E-state index in [0.29, 0.717) is 30.6 Å². The molecule has 0 amide bonds. The fourth-order valence-corrected chi connectivity index (χ4v) is 4.67. The number of hydrogen-bond donors (Lipinski definition) is 2. The SMILES string of the molecule is CCC1(CC)CCN(S(=O)(=O)c2[nH]ncc2CNC)CC1. The first-order valence-electron chi connectivity index (χ1n) is 7.66. The van der Waals surface area contributed by atoms with Gasteiger partial charge in [0.15, 0.2) is 5.03 Å². The second-order valence-electron chi connectivity index (χ2n) is 5.87. The molecule has 1 aliphatic heterocycles. The van der Waals surface area contributed by atoms with E-state index < -0.39 is 10.0 Å². The highest BCUT2D eigenvalue weighted by atomic mass is 32.2. The largest absolute Gasteiger partial charge is 0.316 e. The van der Waals surface area contributed by atoms with E-state index in [-0.39, 0.29) is 5.03 Å². The molecule has 2 N–H and O–H groups in total. The lowest BCUT2D eigenvalue weighted by molar-refractivity contribution is 0.141. The zero-order valence-corrected chi connectivity index (χ0v) is 14.0. The van der Waals surface area contributed by atoms with Gasteiger partial charge in [-0.15, -0.1) is 0 Å². The Hall–Kier alpha value is -0.920. The summed E-state index contributed by atoms with van der Waals surface area (Å²) in [5.41, 5.74) is 1.01. The summed E-state index contributed by atoms with van der Waals surface area (Å²) in [6, 6.07) is 0. The average molecular weight is 314 g/mol. The standard InChI is InChI=1S/C14H26N4O2S/c1-4-14(5-2)6-8-18(9-7-14)21(19,20)13-12(10-15-3)11-16-17-13/h11,15H,4-10H2,1-3H3,(H,16,17). The molecule has 0 saturated carbocycles. The van der Waals surface area contributed by atoms with Crippen LogP contribution in [0, 0.1) is 5.41 Å². The number of nitrogens with zero attached hydrogens (tertiary/aromatic N) is 2. The summed E-state index contributed by atoms with van der Waals surface area (Å²) >= 11 is 0. The maximum absolute atomic E-state index is 12.8. The van der Waals surface area contributed by atoms with Crippen molar-refractivity contribution in [3.63, 3.8) is 0 Å². The summed E-state index contributed by atoms with van der Waals surface area (Å²) in [4.78, 5) is 0. The lowest BCUT2D eigenvalue weighted by Gasteiger charge is -2.40. The Morgan fingerprint density at radius 1 is 1.33 bits per heavy atom. The summed E-state index contributed by atoms with van der Waals surface area (Å²) in [6.07, 6.45) is 5.69. The molecule has 7 heteroatoms. The zero-order chi connectivity index (χ0) is 15.5. The first-order valence-corrected chi connectivity index (χ1v) is 9.10. The highest BCUT2D eigenvalue weighted by Gasteiger charge is 2.37. The van der Waals surface area contributed by atoms with Crippen LogP contribution in [-0.2, 0) is 16.6 Å². The molecule has 0 aromatic carbocycles. The Morgan fingerprint density at radius 2 is 1.95 bits per heavy atom. The highest BCUT2D eigenvalue weighted by Crippen LogP contribution is 2.39. The molecule has 0 unspecified atom stereocenters. The van der Waals surface area contributed by atoms with Crippen LogP contribution >= 0.6 is 0 Å². The van der Waals surface area contributed by atoms with Crippen molar-refractivity contribution in [1.29, 1.82) is 0 Å². The maximum atomic E-state index is 12.8. The maximum Gasteiger partial charge on any atom is 0.260 e. The predicted octanol–water partition coefficient (Wildman–Crippen LogP) is 1.72. The molecule has 0 spiro atoms. The van der Waals surface area contributed by atoms with Crippen LogP contribution in [0.3, 0.4) is 0 Å². The van der Waals surface area contributed by atoms with Crippen LogP contribution in [0.2, 0.25) is 0 Å². The molecule has 2 heterocycles. The van der Waals surface area contributed by atoms with Gasteiger partial charge >= 0.3 is 0 Å². The molecule has 1 aliphatic rings. The number of nitrogens with one attached hydrogen (secondary N) is 2. The van der Waals surface area contributed by atoms with Crippen LogP contribution in [-0.4, -0.2) is 43.1 Å². The van der Waals surface area contributed by atoms with E-state index >= 15 is 0 Å². The van der Waals surface area contributed by atoms with Crippen molar-refractivity contribution in [2.75, 3.05) is 20.1 Å². The second kappa shape index (κ2) is 6.46. The zero-order valence-electron chi connectivity index (χ0n) is 13.1.